The van der Waals surface area contributed by atoms with Gasteiger partial charge in [-0.25, -0.2) is 0 Å². The zero-order chi connectivity index (χ0) is 15.5. The highest BCUT2D eigenvalue weighted by Gasteiger charge is 2.08. The Balaban J connectivity index is 1.86. The standard InChI is InChI=1S/C21H18O/c1-15-3-7-17(8-4-15)18-11-13-20(14-12-18)21(22)19-9-5-16(2)6-10-19/h3-14H,1-2H3. The third-order valence-electron chi connectivity index (χ3n) is 3.85. The molecule has 3 rings (SSSR count). The highest BCUT2D eigenvalue weighted by Crippen LogP contribution is 2.21. The molecule has 0 N–H and O–H groups in total. The molecule has 0 aliphatic rings. The molecule has 0 saturated carbocycles. The maximum absolute atomic E-state index is 12.5. The van der Waals surface area contributed by atoms with Crippen molar-refractivity contribution in [3.8, 4) is 11.1 Å². The van der Waals surface area contributed by atoms with E-state index in [1.54, 1.807) is 0 Å². The summed E-state index contributed by atoms with van der Waals surface area (Å²) in [7, 11) is 0. The van der Waals surface area contributed by atoms with Crippen LogP contribution in [0.15, 0.2) is 72.8 Å². The van der Waals surface area contributed by atoms with Crippen molar-refractivity contribution < 1.29 is 4.79 Å². The molecule has 22 heavy (non-hydrogen) atoms. The Morgan fingerprint density at radius 1 is 0.545 bits per heavy atom. The normalized spacial score (nSPS) is 10.5. The van der Waals surface area contributed by atoms with Crippen molar-refractivity contribution in [1.82, 2.24) is 0 Å². The fourth-order valence-electron chi connectivity index (χ4n) is 2.43. The van der Waals surface area contributed by atoms with E-state index in [1.807, 2.05) is 55.5 Å². The Morgan fingerprint density at radius 3 is 1.32 bits per heavy atom. The van der Waals surface area contributed by atoms with Crippen molar-refractivity contribution in [2.75, 3.05) is 0 Å². The topological polar surface area (TPSA) is 17.1 Å². The molecular weight excluding hydrogens is 268 g/mol. The predicted octanol–water partition coefficient (Wildman–Crippen LogP) is 5.20. The smallest absolute Gasteiger partial charge is 0.193 e. The summed E-state index contributed by atoms with van der Waals surface area (Å²) in [5.74, 6) is 0.0652. The van der Waals surface area contributed by atoms with Gasteiger partial charge in [0, 0.05) is 11.1 Å². The van der Waals surface area contributed by atoms with Gasteiger partial charge in [0.25, 0.3) is 0 Å². The van der Waals surface area contributed by atoms with E-state index in [-0.39, 0.29) is 5.78 Å². The van der Waals surface area contributed by atoms with E-state index in [9.17, 15) is 4.79 Å². The molecule has 0 aliphatic heterocycles. The Bertz CT molecular complexity index is 779. The fraction of sp³-hybridized carbons (Fsp3) is 0.0952. The third-order valence-corrected chi connectivity index (χ3v) is 3.85. The molecule has 0 saturated heterocycles. The summed E-state index contributed by atoms with van der Waals surface area (Å²) in [6.07, 6.45) is 0. The number of aryl methyl sites for hydroxylation is 2. The first-order valence-corrected chi connectivity index (χ1v) is 7.42. The maximum Gasteiger partial charge on any atom is 0.193 e. The molecule has 0 fully saturated rings. The number of carbonyl (C=O) groups excluding carboxylic acids is 1. The first-order valence-electron chi connectivity index (χ1n) is 7.42. The van der Waals surface area contributed by atoms with Crippen molar-refractivity contribution in [1.29, 1.82) is 0 Å². The molecular formula is C21H18O. The lowest BCUT2D eigenvalue weighted by molar-refractivity contribution is 0.103. The Hall–Kier alpha value is -2.67. The molecule has 0 bridgehead atoms. The van der Waals surface area contributed by atoms with E-state index in [0.717, 1.165) is 22.3 Å². The Morgan fingerprint density at radius 2 is 0.864 bits per heavy atom. The minimum atomic E-state index is 0.0652. The van der Waals surface area contributed by atoms with Crippen LogP contribution in [0.1, 0.15) is 27.0 Å². The number of benzene rings is 3. The molecule has 108 valence electrons. The first kappa shape index (κ1) is 14.3. The molecule has 0 unspecified atom stereocenters. The zero-order valence-electron chi connectivity index (χ0n) is 12.8. The van der Waals surface area contributed by atoms with Gasteiger partial charge in [-0.15, -0.1) is 0 Å². The van der Waals surface area contributed by atoms with Crippen LogP contribution in [-0.2, 0) is 0 Å². The SMILES string of the molecule is Cc1ccc(C(=O)c2ccc(-c3ccc(C)cc3)cc2)cc1. The summed E-state index contributed by atoms with van der Waals surface area (Å²) in [5.41, 5.74) is 6.15. The van der Waals surface area contributed by atoms with E-state index in [2.05, 4.69) is 31.2 Å². The van der Waals surface area contributed by atoms with Gasteiger partial charge in [-0.3, -0.25) is 4.79 Å². The summed E-state index contributed by atoms with van der Waals surface area (Å²) < 4.78 is 0. The van der Waals surface area contributed by atoms with Crippen molar-refractivity contribution in [3.05, 3.63) is 95.1 Å². The zero-order valence-corrected chi connectivity index (χ0v) is 12.8. The van der Waals surface area contributed by atoms with E-state index in [4.69, 9.17) is 0 Å². The average Bonchev–Trinajstić information content (AvgIpc) is 2.56. The van der Waals surface area contributed by atoms with Gasteiger partial charge in [-0.2, -0.15) is 0 Å². The van der Waals surface area contributed by atoms with E-state index in [1.165, 1.54) is 11.1 Å². The van der Waals surface area contributed by atoms with E-state index in [0.29, 0.717) is 0 Å². The number of hydrogen-bond acceptors (Lipinski definition) is 1. The van der Waals surface area contributed by atoms with Crippen molar-refractivity contribution >= 4 is 5.78 Å². The lowest BCUT2D eigenvalue weighted by Crippen LogP contribution is -2.00. The quantitative estimate of drug-likeness (QED) is 0.605. The largest absolute Gasteiger partial charge is 0.289 e. The second kappa shape index (κ2) is 5.98. The third kappa shape index (κ3) is 2.99. The summed E-state index contributed by atoms with van der Waals surface area (Å²) in [5, 5.41) is 0. The number of rotatable bonds is 3. The lowest BCUT2D eigenvalue weighted by Gasteiger charge is -2.05. The molecule has 0 radical (unpaired) electrons. The molecule has 0 aliphatic carbocycles. The second-order valence-electron chi connectivity index (χ2n) is 5.64. The summed E-state index contributed by atoms with van der Waals surface area (Å²) >= 11 is 0. The predicted molar refractivity (Wildman–Crippen MR) is 91.2 cm³/mol. The molecule has 1 nitrogen and oxygen atoms in total. The maximum atomic E-state index is 12.5. The highest BCUT2D eigenvalue weighted by molar-refractivity contribution is 6.09. The van der Waals surface area contributed by atoms with Crippen LogP contribution in [0.3, 0.4) is 0 Å². The van der Waals surface area contributed by atoms with Crippen LogP contribution in [0.5, 0.6) is 0 Å². The summed E-state index contributed by atoms with van der Waals surface area (Å²) in [6.45, 7) is 4.09. The Labute approximate surface area is 131 Å². The van der Waals surface area contributed by atoms with Crippen LogP contribution >= 0.6 is 0 Å². The molecule has 3 aromatic carbocycles. The molecule has 1 heteroatoms. The van der Waals surface area contributed by atoms with Gasteiger partial charge < -0.3 is 0 Å². The van der Waals surface area contributed by atoms with Gasteiger partial charge in [0.2, 0.25) is 0 Å². The van der Waals surface area contributed by atoms with Gasteiger partial charge in [-0.05, 0) is 25.0 Å². The number of ketones is 1. The van der Waals surface area contributed by atoms with Gasteiger partial charge in [0.15, 0.2) is 5.78 Å². The second-order valence-corrected chi connectivity index (χ2v) is 5.64. The molecule has 0 atom stereocenters. The van der Waals surface area contributed by atoms with Crippen LogP contribution in [0, 0.1) is 13.8 Å². The van der Waals surface area contributed by atoms with Crippen molar-refractivity contribution in [2.24, 2.45) is 0 Å². The van der Waals surface area contributed by atoms with E-state index >= 15 is 0 Å². The summed E-state index contributed by atoms with van der Waals surface area (Å²) in [6, 6.07) is 23.9. The average molecular weight is 286 g/mol. The minimum absolute atomic E-state index is 0.0652. The highest BCUT2D eigenvalue weighted by atomic mass is 16.1. The van der Waals surface area contributed by atoms with Crippen LogP contribution < -0.4 is 0 Å². The molecule has 0 aromatic heterocycles. The van der Waals surface area contributed by atoms with Gasteiger partial charge in [-0.1, -0.05) is 83.9 Å². The van der Waals surface area contributed by atoms with Crippen molar-refractivity contribution in [2.45, 2.75) is 13.8 Å². The van der Waals surface area contributed by atoms with Crippen LogP contribution in [0.2, 0.25) is 0 Å². The van der Waals surface area contributed by atoms with Crippen molar-refractivity contribution in [3.63, 3.8) is 0 Å². The monoisotopic (exact) mass is 286 g/mol. The Kier molecular flexibility index (Phi) is 3.88. The van der Waals surface area contributed by atoms with Gasteiger partial charge in [0.05, 0.1) is 0 Å². The molecule has 0 amide bonds. The van der Waals surface area contributed by atoms with Gasteiger partial charge >= 0.3 is 0 Å². The molecule has 0 spiro atoms. The van der Waals surface area contributed by atoms with Crippen LogP contribution in [-0.4, -0.2) is 5.78 Å². The van der Waals surface area contributed by atoms with Gasteiger partial charge in [0.1, 0.15) is 0 Å². The number of carbonyl (C=O) groups is 1. The lowest BCUT2D eigenvalue weighted by atomic mass is 9.98. The minimum Gasteiger partial charge on any atom is -0.289 e. The molecule has 0 heterocycles. The van der Waals surface area contributed by atoms with E-state index < -0.39 is 0 Å². The first-order chi connectivity index (χ1) is 10.6. The fourth-order valence-corrected chi connectivity index (χ4v) is 2.43. The molecule has 3 aromatic rings. The van der Waals surface area contributed by atoms with Crippen LogP contribution in [0.4, 0.5) is 0 Å². The number of hydrogen-bond donors (Lipinski definition) is 0. The van der Waals surface area contributed by atoms with Crippen LogP contribution in [0.25, 0.3) is 11.1 Å². The summed E-state index contributed by atoms with van der Waals surface area (Å²) in [4.78, 5) is 12.5.